The highest BCUT2D eigenvalue weighted by atomic mass is 35.5. The fourth-order valence-electron chi connectivity index (χ4n) is 3.22. The number of nitrogens with zero attached hydrogens (tertiary/aromatic N) is 1. The van der Waals surface area contributed by atoms with Crippen molar-refractivity contribution in [2.24, 2.45) is 0 Å². The molecule has 1 aromatic heterocycles. The predicted molar refractivity (Wildman–Crippen MR) is 126 cm³/mol. The van der Waals surface area contributed by atoms with Crippen LogP contribution in [-0.2, 0) is 6.54 Å². The first-order valence-corrected chi connectivity index (χ1v) is 10.5. The fraction of sp³-hybridized carbons (Fsp3) is 0.0385. The Bertz CT molecular complexity index is 1220. The minimum Gasteiger partial charge on any atom is -0.322 e. The summed E-state index contributed by atoms with van der Waals surface area (Å²) in [5, 5.41) is 6.25. The number of halogens is 1. The van der Waals surface area contributed by atoms with Crippen molar-refractivity contribution in [2.75, 3.05) is 10.6 Å². The van der Waals surface area contributed by atoms with Crippen LogP contribution in [0.2, 0.25) is 5.02 Å². The first kappa shape index (κ1) is 21.3. The summed E-state index contributed by atoms with van der Waals surface area (Å²) in [5.41, 5.74) is 3.10. The van der Waals surface area contributed by atoms with E-state index in [4.69, 9.17) is 11.6 Å². The summed E-state index contributed by atoms with van der Waals surface area (Å²) in [5.74, 6) is -0.611. The van der Waals surface area contributed by atoms with Gasteiger partial charge in [-0.2, -0.15) is 0 Å². The summed E-state index contributed by atoms with van der Waals surface area (Å²) in [7, 11) is 0. The third-order valence-electron chi connectivity index (χ3n) is 4.88. The second-order valence-corrected chi connectivity index (χ2v) is 7.64. The normalized spacial score (nSPS) is 10.4. The van der Waals surface area contributed by atoms with Gasteiger partial charge in [0.25, 0.3) is 11.8 Å². The maximum atomic E-state index is 12.8. The lowest BCUT2D eigenvalue weighted by molar-refractivity contribution is -0.688. The molecule has 3 aromatic carbocycles. The SMILES string of the molecule is O=C(Nc1ccccc1C(=O)Nc1ccc(Cl)cc1)c1cc[n+](Cc2ccccc2)cc1. The van der Waals surface area contributed by atoms with Crippen molar-refractivity contribution in [3.05, 3.63) is 125 Å². The van der Waals surface area contributed by atoms with E-state index in [9.17, 15) is 9.59 Å². The molecule has 2 amide bonds. The Morgan fingerprint density at radius 2 is 1.38 bits per heavy atom. The van der Waals surface area contributed by atoms with Gasteiger partial charge in [-0.25, -0.2) is 4.57 Å². The molecule has 0 radical (unpaired) electrons. The van der Waals surface area contributed by atoms with Crippen LogP contribution in [0, 0.1) is 0 Å². The van der Waals surface area contributed by atoms with Gasteiger partial charge in [-0.1, -0.05) is 54.1 Å². The lowest BCUT2D eigenvalue weighted by atomic mass is 10.1. The molecule has 0 saturated carbocycles. The molecule has 4 rings (SSSR count). The molecule has 0 aliphatic rings. The first-order valence-electron chi connectivity index (χ1n) is 10.1. The van der Waals surface area contributed by atoms with Crippen molar-refractivity contribution in [1.29, 1.82) is 0 Å². The first-order chi connectivity index (χ1) is 15.6. The van der Waals surface area contributed by atoms with E-state index in [1.807, 2.05) is 35.2 Å². The number of benzene rings is 3. The minimum absolute atomic E-state index is 0.288. The number of rotatable bonds is 6. The standard InChI is InChI=1S/C26H20ClN3O2/c27-21-10-12-22(13-11-21)28-26(32)23-8-4-5-9-24(23)29-25(31)20-14-16-30(17-15-20)18-19-6-2-1-3-7-19/h1-17H,18H2,(H-,28,29,31,32)/p+1. The topological polar surface area (TPSA) is 62.1 Å². The highest BCUT2D eigenvalue weighted by molar-refractivity contribution is 6.30. The summed E-state index contributed by atoms with van der Waals surface area (Å²) in [6.07, 6.45) is 3.72. The van der Waals surface area contributed by atoms with Gasteiger partial charge in [-0.15, -0.1) is 0 Å². The van der Waals surface area contributed by atoms with Crippen LogP contribution < -0.4 is 15.2 Å². The molecule has 0 atom stereocenters. The van der Waals surface area contributed by atoms with E-state index in [1.165, 1.54) is 5.56 Å². The highest BCUT2D eigenvalue weighted by Crippen LogP contribution is 2.19. The Hall–Kier alpha value is -3.96. The smallest absolute Gasteiger partial charge is 0.257 e. The number of nitrogens with one attached hydrogen (secondary N) is 2. The number of carbonyl (C=O) groups is 2. The van der Waals surface area contributed by atoms with Crippen LogP contribution in [0.5, 0.6) is 0 Å². The average Bonchev–Trinajstić information content (AvgIpc) is 2.82. The van der Waals surface area contributed by atoms with Crippen LogP contribution in [0.4, 0.5) is 11.4 Å². The number of hydrogen-bond acceptors (Lipinski definition) is 2. The molecular formula is C26H21ClN3O2+. The second kappa shape index (κ2) is 9.90. The van der Waals surface area contributed by atoms with E-state index in [0.717, 1.165) is 6.54 Å². The van der Waals surface area contributed by atoms with Gasteiger partial charge in [0.15, 0.2) is 18.9 Å². The lowest BCUT2D eigenvalue weighted by Gasteiger charge is -2.11. The van der Waals surface area contributed by atoms with E-state index in [2.05, 4.69) is 22.8 Å². The predicted octanol–water partition coefficient (Wildman–Crippen LogP) is 5.18. The van der Waals surface area contributed by atoms with E-state index in [-0.39, 0.29) is 11.8 Å². The van der Waals surface area contributed by atoms with Crippen molar-refractivity contribution in [2.45, 2.75) is 6.54 Å². The lowest BCUT2D eigenvalue weighted by Crippen LogP contribution is -2.33. The number of pyridine rings is 1. The van der Waals surface area contributed by atoms with Crippen LogP contribution in [0.3, 0.4) is 0 Å². The zero-order chi connectivity index (χ0) is 22.3. The van der Waals surface area contributed by atoms with Crippen molar-refractivity contribution < 1.29 is 14.2 Å². The van der Waals surface area contributed by atoms with Crippen molar-refractivity contribution in [3.8, 4) is 0 Å². The summed E-state index contributed by atoms with van der Waals surface area (Å²) in [6.45, 7) is 0.719. The molecule has 5 nitrogen and oxygen atoms in total. The molecule has 2 N–H and O–H groups in total. The molecule has 0 fully saturated rings. The van der Waals surface area contributed by atoms with Crippen molar-refractivity contribution in [3.63, 3.8) is 0 Å². The summed E-state index contributed by atoms with van der Waals surface area (Å²) in [4.78, 5) is 25.5. The molecule has 0 bridgehead atoms. The largest absolute Gasteiger partial charge is 0.322 e. The number of aromatic nitrogens is 1. The van der Waals surface area contributed by atoms with Gasteiger partial charge in [-0.3, -0.25) is 9.59 Å². The maximum Gasteiger partial charge on any atom is 0.257 e. The Labute approximate surface area is 191 Å². The van der Waals surface area contributed by atoms with E-state index in [1.54, 1.807) is 60.7 Å². The van der Waals surface area contributed by atoms with Gasteiger partial charge in [0.1, 0.15) is 0 Å². The molecule has 4 aromatic rings. The number of para-hydroxylation sites is 1. The maximum absolute atomic E-state index is 12.8. The molecule has 32 heavy (non-hydrogen) atoms. The zero-order valence-corrected chi connectivity index (χ0v) is 17.9. The molecule has 0 spiro atoms. The highest BCUT2D eigenvalue weighted by Gasteiger charge is 2.15. The third-order valence-corrected chi connectivity index (χ3v) is 5.14. The third kappa shape index (κ3) is 5.39. The van der Waals surface area contributed by atoms with E-state index < -0.39 is 0 Å². The van der Waals surface area contributed by atoms with Gasteiger partial charge < -0.3 is 10.6 Å². The summed E-state index contributed by atoms with van der Waals surface area (Å²) in [6, 6.07) is 27.3. The van der Waals surface area contributed by atoms with Crippen LogP contribution >= 0.6 is 11.6 Å². The fourth-order valence-corrected chi connectivity index (χ4v) is 3.35. The van der Waals surface area contributed by atoms with Crippen LogP contribution in [-0.4, -0.2) is 11.8 Å². The average molecular weight is 443 g/mol. The van der Waals surface area contributed by atoms with Crippen LogP contribution in [0.15, 0.2) is 103 Å². The molecular weight excluding hydrogens is 422 g/mol. The summed E-state index contributed by atoms with van der Waals surface area (Å²) >= 11 is 5.89. The van der Waals surface area contributed by atoms with E-state index >= 15 is 0 Å². The second-order valence-electron chi connectivity index (χ2n) is 7.21. The monoisotopic (exact) mass is 442 g/mol. The van der Waals surface area contributed by atoms with Gasteiger partial charge in [0.05, 0.1) is 16.8 Å². The quantitative estimate of drug-likeness (QED) is 0.404. The van der Waals surface area contributed by atoms with E-state index in [0.29, 0.717) is 27.5 Å². The Balaban J connectivity index is 1.45. The summed E-state index contributed by atoms with van der Waals surface area (Å²) < 4.78 is 2.00. The molecule has 0 aliphatic carbocycles. The number of anilines is 2. The Morgan fingerprint density at radius 3 is 2.09 bits per heavy atom. The molecule has 158 valence electrons. The molecule has 1 heterocycles. The minimum atomic E-state index is -0.322. The van der Waals surface area contributed by atoms with Gasteiger partial charge in [-0.05, 0) is 36.4 Å². The molecule has 0 saturated heterocycles. The van der Waals surface area contributed by atoms with Crippen LogP contribution in [0.25, 0.3) is 0 Å². The molecule has 0 aliphatic heterocycles. The van der Waals surface area contributed by atoms with Crippen molar-refractivity contribution >= 4 is 34.8 Å². The van der Waals surface area contributed by atoms with Gasteiger partial charge in [0, 0.05) is 28.4 Å². The number of hydrogen-bond donors (Lipinski definition) is 2. The Morgan fingerprint density at radius 1 is 0.719 bits per heavy atom. The van der Waals surface area contributed by atoms with Gasteiger partial charge in [0.2, 0.25) is 0 Å². The Kier molecular flexibility index (Phi) is 6.58. The van der Waals surface area contributed by atoms with Crippen LogP contribution in [0.1, 0.15) is 26.3 Å². The number of carbonyl (C=O) groups excluding carboxylic acids is 2. The zero-order valence-electron chi connectivity index (χ0n) is 17.2. The number of amides is 2. The van der Waals surface area contributed by atoms with Gasteiger partial charge >= 0.3 is 0 Å². The molecule has 6 heteroatoms. The molecule has 0 unspecified atom stereocenters. The van der Waals surface area contributed by atoms with Crippen molar-refractivity contribution in [1.82, 2.24) is 0 Å².